The number of carbonyl (C=O) groups is 2. The van der Waals surface area contributed by atoms with Gasteiger partial charge in [0.25, 0.3) is 15.9 Å². The lowest BCUT2D eigenvalue weighted by Gasteiger charge is -2.16. The average molecular weight is 423 g/mol. The van der Waals surface area contributed by atoms with Gasteiger partial charge in [-0.1, -0.05) is 28.1 Å². The molecule has 0 spiro atoms. The molecule has 2 aromatic carbocycles. The summed E-state index contributed by atoms with van der Waals surface area (Å²) in [5.74, 6) is -1.26. The van der Waals surface area contributed by atoms with Gasteiger partial charge in [0.2, 0.25) is 5.91 Å². The highest BCUT2D eigenvalue weighted by molar-refractivity contribution is 9.10. The molecule has 0 saturated carbocycles. The number of hydrogen-bond acceptors (Lipinski definition) is 4. The zero-order valence-corrected chi connectivity index (χ0v) is 15.9. The third kappa shape index (κ3) is 2.96. The lowest BCUT2D eigenvalue weighted by molar-refractivity contribution is -0.116. The Kier molecular flexibility index (Phi) is 4.42. The van der Waals surface area contributed by atoms with Crippen molar-refractivity contribution in [3.63, 3.8) is 0 Å². The van der Waals surface area contributed by atoms with E-state index in [-0.39, 0.29) is 10.5 Å². The van der Waals surface area contributed by atoms with Crippen LogP contribution in [0.5, 0.6) is 0 Å². The van der Waals surface area contributed by atoms with Crippen molar-refractivity contribution in [1.29, 1.82) is 0 Å². The molecule has 8 heteroatoms. The summed E-state index contributed by atoms with van der Waals surface area (Å²) in [6.45, 7) is 3.19. The van der Waals surface area contributed by atoms with E-state index in [9.17, 15) is 18.0 Å². The Morgan fingerprint density at radius 2 is 1.80 bits per heavy atom. The molecular weight excluding hydrogens is 408 g/mol. The van der Waals surface area contributed by atoms with Crippen molar-refractivity contribution < 1.29 is 18.0 Å². The fourth-order valence-corrected chi connectivity index (χ4v) is 4.59. The van der Waals surface area contributed by atoms with Crippen LogP contribution in [0.4, 0.5) is 5.69 Å². The van der Waals surface area contributed by atoms with Gasteiger partial charge >= 0.3 is 0 Å². The van der Waals surface area contributed by atoms with Crippen molar-refractivity contribution in [2.24, 2.45) is 0 Å². The summed E-state index contributed by atoms with van der Waals surface area (Å²) in [4.78, 5) is 24.6. The molecule has 2 amide bonds. The summed E-state index contributed by atoms with van der Waals surface area (Å²) in [6, 6.07) is 9.45. The summed E-state index contributed by atoms with van der Waals surface area (Å²) in [7, 11) is -3.99. The van der Waals surface area contributed by atoms with Crippen LogP contribution >= 0.6 is 15.9 Å². The Balaban J connectivity index is 1.83. The van der Waals surface area contributed by atoms with Crippen LogP contribution in [0.15, 0.2) is 45.8 Å². The molecule has 0 aromatic heterocycles. The van der Waals surface area contributed by atoms with E-state index in [2.05, 4.69) is 21.2 Å². The summed E-state index contributed by atoms with van der Waals surface area (Å²) in [5, 5.41) is 2.67. The summed E-state index contributed by atoms with van der Waals surface area (Å²) in [5.41, 5.74) is 2.50. The van der Waals surface area contributed by atoms with E-state index < -0.39 is 28.4 Å². The van der Waals surface area contributed by atoms with E-state index in [0.29, 0.717) is 9.99 Å². The number of hydrogen-bond donors (Lipinski definition) is 1. The second kappa shape index (κ2) is 6.27. The molecule has 0 bridgehead atoms. The first-order valence-electron chi connectivity index (χ1n) is 7.45. The summed E-state index contributed by atoms with van der Waals surface area (Å²) in [6.07, 6.45) is 0. The second-order valence-electron chi connectivity index (χ2n) is 5.71. The largest absolute Gasteiger partial charge is 0.324 e. The van der Waals surface area contributed by atoms with E-state index in [1.54, 1.807) is 24.3 Å². The molecule has 1 heterocycles. The predicted octanol–water partition coefficient (Wildman–Crippen LogP) is 2.85. The van der Waals surface area contributed by atoms with Crippen molar-refractivity contribution in [1.82, 2.24) is 4.31 Å². The van der Waals surface area contributed by atoms with E-state index in [1.165, 1.54) is 12.1 Å². The van der Waals surface area contributed by atoms with Gasteiger partial charge in [-0.05, 0) is 49.2 Å². The van der Waals surface area contributed by atoms with Gasteiger partial charge in [-0.25, -0.2) is 12.7 Å². The monoisotopic (exact) mass is 422 g/mol. The number of benzene rings is 2. The fourth-order valence-electron chi connectivity index (χ4n) is 2.63. The maximum atomic E-state index is 12.5. The minimum Gasteiger partial charge on any atom is -0.324 e. The first-order chi connectivity index (χ1) is 11.7. The number of halogens is 1. The molecule has 0 fully saturated rings. The molecule has 1 N–H and O–H groups in total. The molecule has 0 saturated heterocycles. The van der Waals surface area contributed by atoms with Crippen LogP contribution < -0.4 is 5.32 Å². The van der Waals surface area contributed by atoms with Crippen LogP contribution in [0.25, 0.3) is 0 Å². The normalized spacial score (nSPS) is 15.2. The topological polar surface area (TPSA) is 83.6 Å². The van der Waals surface area contributed by atoms with Gasteiger partial charge in [0.1, 0.15) is 11.4 Å². The van der Waals surface area contributed by atoms with E-state index in [4.69, 9.17) is 0 Å². The van der Waals surface area contributed by atoms with Crippen molar-refractivity contribution in [2.75, 3.05) is 11.9 Å². The Labute approximate surface area is 154 Å². The van der Waals surface area contributed by atoms with Crippen LogP contribution in [0.1, 0.15) is 21.5 Å². The molecule has 0 radical (unpaired) electrons. The number of nitrogens with one attached hydrogen (secondary N) is 1. The maximum absolute atomic E-state index is 12.5. The lowest BCUT2D eigenvalue weighted by Crippen LogP contribution is -2.37. The van der Waals surface area contributed by atoms with E-state index >= 15 is 0 Å². The molecule has 0 atom stereocenters. The van der Waals surface area contributed by atoms with Gasteiger partial charge in [-0.3, -0.25) is 9.59 Å². The standard InChI is InChI=1S/C17H15BrN2O4S/c1-10-11(2)14(8-7-13(10)18)19-16(21)9-20-17(22)12-5-3-4-6-15(12)25(20,23)24/h3-8H,9H2,1-2H3,(H,19,21). The molecular formula is C17H15BrN2O4S. The Morgan fingerprint density at radius 1 is 1.12 bits per heavy atom. The SMILES string of the molecule is Cc1c(Br)ccc(NC(=O)CN2C(=O)c3ccccc3S2(=O)=O)c1C. The van der Waals surface area contributed by atoms with Crippen molar-refractivity contribution in [2.45, 2.75) is 18.7 Å². The summed E-state index contributed by atoms with van der Waals surface area (Å²) < 4.78 is 26.5. The van der Waals surface area contributed by atoms with Gasteiger partial charge in [0.05, 0.1) is 5.56 Å². The number of anilines is 1. The van der Waals surface area contributed by atoms with Crippen LogP contribution in [-0.4, -0.2) is 31.1 Å². The fraction of sp³-hybridized carbons (Fsp3) is 0.176. The molecule has 0 aliphatic carbocycles. The Hall–Kier alpha value is -2.19. The highest BCUT2D eigenvalue weighted by Crippen LogP contribution is 2.30. The van der Waals surface area contributed by atoms with Gasteiger partial charge in [0.15, 0.2) is 0 Å². The van der Waals surface area contributed by atoms with E-state index in [1.807, 2.05) is 13.8 Å². The minimum atomic E-state index is -3.99. The first-order valence-corrected chi connectivity index (χ1v) is 9.68. The predicted molar refractivity (Wildman–Crippen MR) is 96.9 cm³/mol. The Bertz CT molecular complexity index is 1000. The molecule has 6 nitrogen and oxygen atoms in total. The first kappa shape index (κ1) is 17.6. The van der Waals surface area contributed by atoms with Gasteiger partial charge in [0, 0.05) is 10.2 Å². The molecule has 130 valence electrons. The van der Waals surface area contributed by atoms with Crippen LogP contribution in [-0.2, 0) is 14.8 Å². The average Bonchev–Trinajstić information content (AvgIpc) is 2.77. The molecule has 3 rings (SSSR count). The van der Waals surface area contributed by atoms with Crippen LogP contribution in [0.3, 0.4) is 0 Å². The Morgan fingerprint density at radius 3 is 2.48 bits per heavy atom. The minimum absolute atomic E-state index is 0.0662. The van der Waals surface area contributed by atoms with Crippen LogP contribution in [0, 0.1) is 13.8 Å². The molecule has 0 unspecified atom stereocenters. The number of carbonyl (C=O) groups excluding carboxylic acids is 2. The van der Waals surface area contributed by atoms with Gasteiger partial charge in [-0.2, -0.15) is 0 Å². The number of fused-ring (bicyclic) bond motifs is 1. The molecule has 1 aliphatic heterocycles. The third-order valence-corrected chi connectivity index (χ3v) is 6.84. The number of sulfonamides is 1. The maximum Gasteiger partial charge on any atom is 0.269 e. The van der Waals surface area contributed by atoms with E-state index in [0.717, 1.165) is 15.6 Å². The number of rotatable bonds is 3. The van der Waals surface area contributed by atoms with Gasteiger partial charge in [-0.15, -0.1) is 0 Å². The highest BCUT2D eigenvalue weighted by atomic mass is 79.9. The quantitative estimate of drug-likeness (QED) is 0.823. The lowest BCUT2D eigenvalue weighted by atomic mass is 10.1. The smallest absolute Gasteiger partial charge is 0.269 e. The molecule has 25 heavy (non-hydrogen) atoms. The second-order valence-corrected chi connectivity index (χ2v) is 8.39. The number of amides is 2. The van der Waals surface area contributed by atoms with Crippen molar-refractivity contribution in [3.8, 4) is 0 Å². The zero-order chi connectivity index (χ0) is 18.4. The van der Waals surface area contributed by atoms with Crippen molar-refractivity contribution >= 4 is 43.5 Å². The zero-order valence-electron chi connectivity index (χ0n) is 13.5. The third-order valence-electron chi connectivity index (χ3n) is 4.19. The van der Waals surface area contributed by atoms with Crippen LogP contribution in [0.2, 0.25) is 0 Å². The number of nitrogens with zero attached hydrogens (tertiary/aromatic N) is 1. The summed E-state index contributed by atoms with van der Waals surface area (Å²) >= 11 is 3.41. The molecule has 1 aliphatic rings. The highest BCUT2D eigenvalue weighted by Gasteiger charge is 2.41. The molecule has 2 aromatic rings. The van der Waals surface area contributed by atoms with Gasteiger partial charge < -0.3 is 5.32 Å². The van der Waals surface area contributed by atoms with Crippen molar-refractivity contribution in [3.05, 3.63) is 57.6 Å².